The van der Waals surface area contributed by atoms with Crippen LogP contribution in [0.3, 0.4) is 0 Å². The molecule has 180 valence electrons. The third kappa shape index (κ3) is 3.38. The van der Waals surface area contributed by atoms with Crippen LogP contribution in [-0.2, 0) is 4.79 Å². The number of Topliss-reactive ketones (excluding diaryl/α,β-unsaturated/α-hetero) is 1. The van der Waals surface area contributed by atoms with Gasteiger partial charge in [-0.05, 0) is 132 Å². The van der Waals surface area contributed by atoms with Gasteiger partial charge in [-0.15, -0.1) is 0 Å². The molecule has 0 aromatic carbocycles. The highest BCUT2D eigenvalue weighted by Crippen LogP contribution is 2.66. The molecule has 6 aliphatic rings. The van der Waals surface area contributed by atoms with Gasteiger partial charge in [0.2, 0.25) is 0 Å². The standard InChI is InChI=1S/C29H48N2O/c1-28-14-13-24-23(25(28)19-26(27(28)32)31-17-7-4-8-18-31)12-10-21-9-11-22(20-29(21,24)2)30-15-5-3-6-16-30/h21-26H,3-20H2,1-2H3/t21-,22-,23-,24+,25+,26+,28+,29+/m1/s1. The van der Waals surface area contributed by atoms with E-state index in [4.69, 9.17) is 0 Å². The quantitative estimate of drug-likeness (QED) is 0.533. The van der Waals surface area contributed by atoms with Gasteiger partial charge in [0, 0.05) is 11.5 Å². The fraction of sp³-hybridized carbons (Fsp3) is 0.966. The molecule has 0 bridgehead atoms. The minimum Gasteiger partial charge on any atom is -0.300 e. The third-order valence-electron chi connectivity index (χ3n) is 12.1. The van der Waals surface area contributed by atoms with Crippen LogP contribution in [0.15, 0.2) is 0 Å². The molecule has 32 heavy (non-hydrogen) atoms. The van der Waals surface area contributed by atoms with Gasteiger partial charge in [0.1, 0.15) is 0 Å². The molecular formula is C29H48N2O. The molecule has 0 aromatic heterocycles. The van der Waals surface area contributed by atoms with E-state index in [1.54, 1.807) is 0 Å². The number of hydrogen-bond acceptors (Lipinski definition) is 3. The molecule has 2 heterocycles. The van der Waals surface area contributed by atoms with Crippen LogP contribution in [0.1, 0.15) is 104 Å². The van der Waals surface area contributed by atoms with E-state index in [0.29, 0.717) is 17.1 Å². The highest BCUT2D eigenvalue weighted by Gasteiger charge is 2.63. The molecule has 0 amide bonds. The number of carbonyl (C=O) groups excluding carboxylic acids is 1. The second kappa shape index (κ2) is 8.36. The zero-order valence-electron chi connectivity index (χ0n) is 21.0. The van der Waals surface area contributed by atoms with Crippen LogP contribution in [-0.4, -0.2) is 53.8 Å². The first-order valence-electron chi connectivity index (χ1n) is 14.5. The van der Waals surface area contributed by atoms with Crippen molar-refractivity contribution >= 4 is 5.78 Å². The van der Waals surface area contributed by atoms with Gasteiger partial charge < -0.3 is 4.90 Å². The van der Waals surface area contributed by atoms with E-state index in [-0.39, 0.29) is 11.5 Å². The van der Waals surface area contributed by atoms with Crippen molar-refractivity contribution < 1.29 is 4.79 Å². The van der Waals surface area contributed by atoms with Gasteiger partial charge in [0.15, 0.2) is 5.78 Å². The van der Waals surface area contributed by atoms with Crippen LogP contribution in [0.5, 0.6) is 0 Å². The van der Waals surface area contributed by atoms with Crippen LogP contribution in [0.25, 0.3) is 0 Å². The Morgan fingerprint density at radius 3 is 2.12 bits per heavy atom. The topological polar surface area (TPSA) is 23.6 Å². The van der Waals surface area contributed by atoms with Gasteiger partial charge in [-0.25, -0.2) is 0 Å². The summed E-state index contributed by atoms with van der Waals surface area (Å²) >= 11 is 0. The number of hydrogen-bond donors (Lipinski definition) is 0. The molecule has 2 aliphatic heterocycles. The third-order valence-corrected chi connectivity index (χ3v) is 12.1. The summed E-state index contributed by atoms with van der Waals surface area (Å²) in [4.78, 5) is 19.3. The lowest BCUT2D eigenvalue weighted by molar-refractivity contribution is -0.143. The predicted octanol–water partition coefficient (Wildman–Crippen LogP) is 5.92. The van der Waals surface area contributed by atoms with E-state index < -0.39 is 0 Å². The van der Waals surface area contributed by atoms with Crippen LogP contribution < -0.4 is 0 Å². The number of fused-ring (bicyclic) bond motifs is 5. The van der Waals surface area contributed by atoms with Crippen molar-refractivity contribution in [3.8, 4) is 0 Å². The van der Waals surface area contributed by atoms with Gasteiger partial charge in [0.25, 0.3) is 0 Å². The number of carbonyl (C=O) groups is 1. The first-order valence-corrected chi connectivity index (χ1v) is 14.5. The molecule has 0 unspecified atom stereocenters. The maximum Gasteiger partial charge on any atom is 0.156 e. The molecule has 2 saturated heterocycles. The highest BCUT2D eigenvalue weighted by atomic mass is 16.1. The molecule has 8 atom stereocenters. The Labute approximate surface area is 197 Å². The van der Waals surface area contributed by atoms with Crippen molar-refractivity contribution in [3.05, 3.63) is 0 Å². The van der Waals surface area contributed by atoms with Crippen LogP contribution >= 0.6 is 0 Å². The molecule has 4 aliphatic carbocycles. The first-order chi connectivity index (χ1) is 15.5. The zero-order valence-corrected chi connectivity index (χ0v) is 21.0. The van der Waals surface area contributed by atoms with Gasteiger partial charge >= 0.3 is 0 Å². The maximum atomic E-state index is 13.8. The molecular weight excluding hydrogens is 392 g/mol. The van der Waals surface area contributed by atoms with Crippen molar-refractivity contribution in [1.29, 1.82) is 0 Å². The summed E-state index contributed by atoms with van der Waals surface area (Å²) in [5.74, 6) is 3.94. The van der Waals surface area contributed by atoms with Crippen molar-refractivity contribution in [2.24, 2.45) is 34.5 Å². The van der Waals surface area contributed by atoms with Gasteiger partial charge in [-0.1, -0.05) is 26.7 Å². The van der Waals surface area contributed by atoms with Crippen molar-refractivity contribution in [2.75, 3.05) is 26.2 Å². The SMILES string of the molecule is C[C@]12C[C@H](N3CCCCC3)CC[C@@H]1CC[C@@H]1[C@@H]2CC[C@]2(C)C(=O)[C@@H](N3CCCCC3)C[C@@H]12. The Balaban J connectivity index is 1.23. The second-order valence-electron chi connectivity index (χ2n) is 13.4. The molecule has 0 aromatic rings. The minimum absolute atomic E-state index is 0.0204. The number of ketones is 1. The smallest absolute Gasteiger partial charge is 0.156 e. The fourth-order valence-electron chi connectivity index (χ4n) is 10.3. The summed E-state index contributed by atoms with van der Waals surface area (Å²) in [6.07, 6.45) is 19.2. The highest BCUT2D eigenvalue weighted by molar-refractivity contribution is 5.92. The van der Waals surface area contributed by atoms with E-state index >= 15 is 0 Å². The minimum atomic E-state index is -0.0204. The molecule has 6 fully saturated rings. The molecule has 4 saturated carbocycles. The predicted molar refractivity (Wildman–Crippen MR) is 131 cm³/mol. The maximum absolute atomic E-state index is 13.8. The van der Waals surface area contributed by atoms with Crippen molar-refractivity contribution in [1.82, 2.24) is 9.80 Å². The van der Waals surface area contributed by atoms with Crippen LogP contribution in [0, 0.1) is 34.5 Å². The largest absolute Gasteiger partial charge is 0.300 e. The van der Waals surface area contributed by atoms with E-state index in [2.05, 4.69) is 23.6 Å². The van der Waals surface area contributed by atoms with Crippen LogP contribution in [0.4, 0.5) is 0 Å². The van der Waals surface area contributed by atoms with E-state index in [1.165, 1.54) is 116 Å². The number of rotatable bonds is 2. The average molecular weight is 441 g/mol. The average Bonchev–Trinajstić information content (AvgIpc) is 3.10. The number of nitrogens with zero attached hydrogens (tertiary/aromatic N) is 2. The normalized spacial score (nSPS) is 50.5. The lowest BCUT2D eigenvalue weighted by Gasteiger charge is -2.61. The molecule has 3 heteroatoms. The van der Waals surface area contributed by atoms with Crippen molar-refractivity contribution in [3.63, 3.8) is 0 Å². The Morgan fingerprint density at radius 2 is 1.41 bits per heavy atom. The van der Waals surface area contributed by atoms with E-state index in [1.807, 2.05) is 0 Å². The Hall–Kier alpha value is -0.410. The lowest BCUT2D eigenvalue weighted by atomic mass is 9.45. The molecule has 0 radical (unpaired) electrons. The Morgan fingerprint density at radius 1 is 0.750 bits per heavy atom. The number of likely N-dealkylation sites (tertiary alicyclic amines) is 2. The summed E-state index contributed by atoms with van der Waals surface area (Å²) in [7, 11) is 0. The monoisotopic (exact) mass is 440 g/mol. The molecule has 0 spiro atoms. The van der Waals surface area contributed by atoms with Gasteiger partial charge in [-0.2, -0.15) is 0 Å². The number of piperidine rings is 2. The van der Waals surface area contributed by atoms with Gasteiger partial charge in [-0.3, -0.25) is 9.69 Å². The zero-order chi connectivity index (χ0) is 21.9. The van der Waals surface area contributed by atoms with Gasteiger partial charge in [0.05, 0.1) is 6.04 Å². The molecule has 3 nitrogen and oxygen atoms in total. The van der Waals surface area contributed by atoms with Crippen LogP contribution in [0.2, 0.25) is 0 Å². The fourth-order valence-corrected chi connectivity index (χ4v) is 10.3. The lowest BCUT2D eigenvalue weighted by Crippen LogP contribution is -2.56. The molecule has 0 N–H and O–H groups in total. The summed E-state index contributed by atoms with van der Waals surface area (Å²) in [6, 6.07) is 1.09. The van der Waals surface area contributed by atoms with E-state index in [9.17, 15) is 4.79 Å². The summed E-state index contributed by atoms with van der Waals surface area (Å²) < 4.78 is 0. The Bertz CT molecular complexity index is 710. The van der Waals surface area contributed by atoms with Crippen molar-refractivity contribution in [2.45, 2.75) is 116 Å². The summed E-state index contributed by atoms with van der Waals surface area (Å²) in [5.41, 5.74) is 0.504. The second-order valence-corrected chi connectivity index (χ2v) is 13.4. The van der Waals surface area contributed by atoms with E-state index in [0.717, 1.165) is 23.8 Å². The molecule has 6 rings (SSSR count). The Kier molecular flexibility index (Phi) is 5.77. The first kappa shape index (κ1) is 22.1. The summed E-state index contributed by atoms with van der Waals surface area (Å²) in [6.45, 7) is 10.2. The summed E-state index contributed by atoms with van der Waals surface area (Å²) in [5, 5.41) is 0.